The lowest BCUT2D eigenvalue weighted by Gasteiger charge is -2.13. The van der Waals surface area contributed by atoms with E-state index in [9.17, 15) is 4.79 Å². The number of nitrogens with two attached hydrogens (primary N) is 1. The van der Waals surface area contributed by atoms with Crippen molar-refractivity contribution < 1.29 is 9.53 Å². The van der Waals surface area contributed by atoms with Gasteiger partial charge in [-0.25, -0.2) is 0 Å². The Morgan fingerprint density at radius 1 is 1.11 bits per heavy atom. The van der Waals surface area contributed by atoms with Crippen LogP contribution in [0.3, 0.4) is 0 Å². The molecular formula is C16H17NO2. The third-order valence-electron chi connectivity index (χ3n) is 3.29. The smallest absolute Gasteiger partial charge is 0.248 e. The van der Waals surface area contributed by atoms with Gasteiger partial charge in [-0.15, -0.1) is 0 Å². The van der Waals surface area contributed by atoms with E-state index in [0.717, 1.165) is 11.3 Å². The number of benzene rings is 2. The molecular weight excluding hydrogens is 238 g/mol. The van der Waals surface area contributed by atoms with E-state index in [1.54, 1.807) is 19.2 Å². The van der Waals surface area contributed by atoms with Gasteiger partial charge in [-0.3, -0.25) is 4.79 Å². The van der Waals surface area contributed by atoms with Gasteiger partial charge in [0.25, 0.3) is 0 Å². The first-order chi connectivity index (χ1) is 9.11. The van der Waals surface area contributed by atoms with Crippen molar-refractivity contribution in [3.8, 4) is 5.75 Å². The number of primary amides is 1. The molecule has 2 N–H and O–H groups in total. The van der Waals surface area contributed by atoms with E-state index in [1.165, 1.54) is 5.56 Å². The van der Waals surface area contributed by atoms with Gasteiger partial charge in [-0.05, 0) is 35.4 Å². The molecule has 0 aliphatic heterocycles. The molecule has 0 saturated carbocycles. The Morgan fingerprint density at radius 3 is 2.37 bits per heavy atom. The topological polar surface area (TPSA) is 52.3 Å². The van der Waals surface area contributed by atoms with Crippen LogP contribution < -0.4 is 10.5 Å². The van der Waals surface area contributed by atoms with Crippen molar-refractivity contribution in [2.75, 3.05) is 7.11 Å². The minimum absolute atomic E-state index is 0.233. The molecule has 3 nitrogen and oxygen atoms in total. The molecule has 3 heteroatoms. The maximum atomic E-state index is 11.0. The Hall–Kier alpha value is -2.29. The fourth-order valence-corrected chi connectivity index (χ4v) is 2.04. The fourth-order valence-electron chi connectivity index (χ4n) is 2.04. The molecule has 0 heterocycles. The van der Waals surface area contributed by atoms with Gasteiger partial charge in [0.1, 0.15) is 5.75 Å². The second kappa shape index (κ2) is 5.57. The average Bonchev–Trinajstić information content (AvgIpc) is 2.46. The summed E-state index contributed by atoms with van der Waals surface area (Å²) in [4.78, 5) is 11.0. The highest BCUT2D eigenvalue weighted by atomic mass is 16.5. The highest BCUT2D eigenvalue weighted by molar-refractivity contribution is 5.92. The first-order valence-electron chi connectivity index (χ1n) is 6.15. The van der Waals surface area contributed by atoms with Crippen LogP contribution in [0.1, 0.15) is 34.3 Å². The lowest BCUT2D eigenvalue weighted by molar-refractivity contribution is 0.100. The van der Waals surface area contributed by atoms with Crippen molar-refractivity contribution >= 4 is 5.91 Å². The van der Waals surface area contributed by atoms with Crippen LogP contribution >= 0.6 is 0 Å². The molecule has 0 spiro atoms. The molecule has 0 aliphatic rings. The molecule has 0 saturated heterocycles. The van der Waals surface area contributed by atoms with Gasteiger partial charge in [0.2, 0.25) is 5.91 Å². The van der Waals surface area contributed by atoms with Crippen molar-refractivity contribution in [3.05, 3.63) is 65.2 Å². The summed E-state index contributed by atoms with van der Waals surface area (Å²) >= 11 is 0. The van der Waals surface area contributed by atoms with Crippen LogP contribution in [0.25, 0.3) is 0 Å². The van der Waals surface area contributed by atoms with E-state index < -0.39 is 5.91 Å². The Morgan fingerprint density at radius 2 is 1.79 bits per heavy atom. The van der Waals surface area contributed by atoms with Crippen LogP contribution in [0.4, 0.5) is 0 Å². The fraction of sp³-hybridized carbons (Fsp3) is 0.188. The molecule has 2 aromatic carbocycles. The summed E-state index contributed by atoms with van der Waals surface area (Å²) < 4.78 is 5.23. The summed E-state index contributed by atoms with van der Waals surface area (Å²) in [5, 5.41) is 0. The quantitative estimate of drug-likeness (QED) is 0.913. The van der Waals surface area contributed by atoms with Crippen LogP contribution in [0.15, 0.2) is 48.5 Å². The van der Waals surface area contributed by atoms with Crippen LogP contribution in [-0.4, -0.2) is 13.0 Å². The highest BCUT2D eigenvalue weighted by Gasteiger charge is 2.10. The van der Waals surface area contributed by atoms with Crippen LogP contribution in [0, 0.1) is 0 Å². The summed E-state index contributed by atoms with van der Waals surface area (Å²) in [5.74, 6) is 0.677. The molecule has 1 unspecified atom stereocenters. The molecule has 19 heavy (non-hydrogen) atoms. The van der Waals surface area contributed by atoms with E-state index >= 15 is 0 Å². The molecule has 0 aromatic heterocycles. The minimum atomic E-state index is -0.402. The molecule has 0 bridgehead atoms. The average molecular weight is 255 g/mol. The zero-order valence-electron chi connectivity index (χ0n) is 11.1. The van der Waals surface area contributed by atoms with Crippen molar-refractivity contribution in [2.45, 2.75) is 12.8 Å². The monoisotopic (exact) mass is 255 g/mol. The SMILES string of the molecule is COc1cccc(C(C)c2ccc(C(N)=O)cc2)c1. The van der Waals surface area contributed by atoms with Crippen molar-refractivity contribution in [1.29, 1.82) is 0 Å². The highest BCUT2D eigenvalue weighted by Crippen LogP contribution is 2.26. The van der Waals surface area contributed by atoms with Crippen LogP contribution in [-0.2, 0) is 0 Å². The van der Waals surface area contributed by atoms with Crippen molar-refractivity contribution in [2.24, 2.45) is 5.73 Å². The molecule has 1 atom stereocenters. The number of rotatable bonds is 4. The molecule has 98 valence electrons. The van der Waals surface area contributed by atoms with Gasteiger partial charge in [0.05, 0.1) is 7.11 Å². The third kappa shape index (κ3) is 2.94. The van der Waals surface area contributed by atoms with E-state index in [2.05, 4.69) is 13.0 Å². The van der Waals surface area contributed by atoms with Gasteiger partial charge >= 0.3 is 0 Å². The third-order valence-corrected chi connectivity index (χ3v) is 3.29. The first-order valence-corrected chi connectivity index (χ1v) is 6.15. The van der Waals surface area contributed by atoms with Crippen molar-refractivity contribution in [1.82, 2.24) is 0 Å². The Kier molecular flexibility index (Phi) is 3.85. The molecule has 0 fully saturated rings. The Labute approximate surface area is 113 Å². The lowest BCUT2D eigenvalue weighted by Crippen LogP contribution is -2.10. The maximum absolute atomic E-state index is 11.0. The van der Waals surface area contributed by atoms with Crippen LogP contribution in [0.2, 0.25) is 0 Å². The zero-order chi connectivity index (χ0) is 13.8. The summed E-state index contributed by atoms with van der Waals surface area (Å²) in [6.07, 6.45) is 0. The predicted octanol–water partition coefficient (Wildman–Crippen LogP) is 2.95. The number of ether oxygens (including phenoxy) is 1. The second-order valence-electron chi connectivity index (χ2n) is 4.48. The number of amides is 1. The number of carbonyl (C=O) groups excluding carboxylic acids is 1. The normalized spacial score (nSPS) is 11.9. The Balaban J connectivity index is 2.27. The molecule has 2 aromatic rings. The van der Waals surface area contributed by atoms with Gasteiger partial charge in [0, 0.05) is 11.5 Å². The summed E-state index contributed by atoms with van der Waals surface area (Å²) in [5.41, 5.74) is 8.07. The summed E-state index contributed by atoms with van der Waals surface area (Å²) in [7, 11) is 1.66. The maximum Gasteiger partial charge on any atom is 0.248 e. The predicted molar refractivity (Wildman–Crippen MR) is 75.5 cm³/mol. The number of methoxy groups -OCH3 is 1. The van der Waals surface area contributed by atoms with Crippen molar-refractivity contribution in [3.63, 3.8) is 0 Å². The lowest BCUT2D eigenvalue weighted by atomic mass is 9.92. The number of hydrogen-bond donors (Lipinski definition) is 1. The number of hydrogen-bond acceptors (Lipinski definition) is 2. The first kappa shape index (κ1) is 13.1. The number of carbonyl (C=O) groups is 1. The molecule has 1 amide bonds. The van der Waals surface area contributed by atoms with Gasteiger partial charge < -0.3 is 10.5 Å². The van der Waals surface area contributed by atoms with Crippen LogP contribution in [0.5, 0.6) is 5.75 Å². The molecule has 0 aliphatic carbocycles. The standard InChI is InChI=1S/C16H17NO2/c1-11(14-4-3-5-15(10-14)19-2)12-6-8-13(9-7-12)16(17)18/h3-11H,1-2H3,(H2,17,18). The molecule has 0 radical (unpaired) electrons. The Bertz CT molecular complexity index is 576. The van der Waals surface area contributed by atoms with Gasteiger partial charge in [-0.1, -0.05) is 31.2 Å². The molecule has 2 rings (SSSR count). The minimum Gasteiger partial charge on any atom is -0.497 e. The van der Waals surface area contributed by atoms with E-state index in [0.29, 0.717) is 5.56 Å². The van der Waals surface area contributed by atoms with E-state index in [1.807, 2.05) is 30.3 Å². The zero-order valence-corrected chi connectivity index (χ0v) is 11.1. The summed E-state index contributed by atoms with van der Waals surface area (Å²) in [6.45, 7) is 2.12. The van der Waals surface area contributed by atoms with Gasteiger partial charge in [-0.2, -0.15) is 0 Å². The van der Waals surface area contributed by atoms with E-state index in [4.69, 9.17) is 10.5 Å². The largest absolute Gasteiger partial charge is 0.497 e. The van der Waals surface area contributed by atoms with E-state index in [-0.39, 0.29) is 5.92 Å². The second-order valence-corrected chi connectivity index (χ2v) is 4.48. The summed E-state index contributed by atoms with van der Waals surface area (Å²) in [6, 6.07) is 15.4. The van der Waals surface area contributed by atoms with Gasteiger partial charge in [0.15, 0.2) is 0 Å².